The maximum absolute atomic E-state index is 11.5. The third-order valence-corrected chi connectivity index (χ3v) is 4.33. The summed E-state index contributed by atoms with van der Waals surface area (Å²) in [5.41, 5.74) is -1.04. The lowest BCUT2D eigenvalue weighted by Crippen LogP contribution is -2.60. The zero-order valence-corrected chi connectivity index (χ0v) is 11.1. The van der Waals surface area contributed by atoms with E-state index in [9.17, 15) is 20.1 Å². The maximum atomic E-state index is 11.5. The number of nitrogens with one attached hydrogen (secondary N) is 1. The van der Waals surface area contributed by atoms with Crippen LogP contribution in [0.1, 0.15) is 26.2 Å². The Morgan fingerprint density at radius 1 is 1.28 bits per heavy atom. The van der Waals surface area contributed by atoms with Crippen molar-refractivity contribution in [3.05, 3.63) is 0 Å². The fourth-order valence-electron chi connectivity index (χ4n) is 1.85. The molecule has 5 atom stereocenters. The molecule has 1 rings (SSSR count). The smallest absolute Gasteiger partial charge is 0.220 e. The van der Waals surface area contributed by atoms with Crippen molar-refractivity contribution in [2.45, 2.75) is 55.1 Å². The number of aliphatic hydroxyl groups is 4. The van der Waals surface area contributed by atoms with Gasteiger partial charge in [0.25, 0.3) is 0 Å². The quantitative estimate of drug-likeness (QED) is 0.433. The van der Waals surface area contributed by atoms with Crippen LogP contribution in [0.4, 0.5) is 0 Å². The van der Waals surface area contributed by atoms with Crippen LogP contribution in [0, 0.1) is 0 Å². The second-order valence-corrected chi connectivity index (χ2v) is 5.79. The molecule has 0 saturated carbocycles. The summed E-state index contributed by atoms with van der Waals surface area (Å²) in [6, 6.07) is -0.905. The molecule has 1 fully saturated rings. The number of hydrogen-bond acceptors (Lipinski definition) is 6. The monoisotopic (exact) mass is 279 g/mol. The molecule has 0 aromatic rings. The van der Waals surface area contributed by atoms with E-state index in [2.05, 4.69) is 5.32 Å². The number of unbranched alkanes of at least 4 members (excludes halogenated alkanes) is 1. The summed E-state index contributed by atoms with van der Waals surface area (Å²) in [7, 11) is 0. The fourth-order valence-corrected chi connectivity index (χ4v) is 3.01. The van der Waals surface area contributed by atoms with Crippen molar-refractivity contribution in [1.82, 2.24) is 5.32 Å². The standard InChI is InChI=1S/C11H21NO5S/c1-2-3-4-7(14)12-8-10(16)9(15)6(5-13)18-11(8)17/h6,8-11,13,15-17H,2-5H2,1H3,(H,12,14). The molecule has 5 N–H and O–H groups in total. The number of thioether (sulfide) groups is 1. The van der Waals surface area contributed by atoms with Gasteiger partial charge in [-0.05, 0) is 6.42 Å². The summed E-state index contributed by atoms with van der Waals surface area (Å²) in [5.74, 6) is -0.254. The highest BCUT2D eigenvalue weighted by Gasteiger charge is 2.43. The molecule has 5 unspecified atom stereocenters. The number of hydrogen-bond donors (Lipinski definition) is 5. The van der Waals surface area contributed by atoms with E-state index in [-0.39, 0.29) is 12.5 Å². The Hall–Kier alpha value is -0.340. The van der Waals surface area contributed by atoms with E-state index in [4.69, 9.17) is 5.11 Å². The van der Waals surface area contributed by atoms with Crippen molar-refractivity contribution in [2.75, 3.05) is 6.61 Å². The van der Waals surface area contributed by atoms with E-state index >= 15 is 0 Å². The maximum Gasteiger partial charge on any atom is 0.220 e. The van der Waals surface area contributed by atoms with E-state index in [1.165, 1.54) is 0 Å². The van der Waals surface area contributed by atoms with Gasteiger partial charge >= 0.3 is 0 Å². The Balaban J connectivity index is 2.57. The second-order valence-electron chi connectivity index (χ2n) is 4.43. The van der Waals surface area contributed by atoms with Gasteiger partial charge in [-0.25, -0.2) is 0 Å². The van der Waals surface area contributed by atoms with Gasteiger partial charge < -0.3 is 25.7 Å². The van der Waals surface area contributed by atoms with E-state index in [1.807, 2.05) is 6.92 Å². The first kappa shape index (κ1) is 15.7. The number of aliphatic hydroxyl groups excluding tert-OH is 4. The third kappa shape index (κ3) is 3.83. The number of carbonyl (C=O) groups excluding carboxylic acids is 1. The minimum atomic E-state index is -1.27. The number of carbonyl (C=O) groups is 1. The summed E-state index contributed by atoms with van der Waals surface area (Å²) in [4.78, 5) is 11.5. The van der Waals surface area contributed by atoms with Crippen LogP contribution in [0.2, 0.25) is 0 Å². The van der Waals surface area contributed by atoms with Crippen LogP contribution < -0.4 is 5.32 Å². The minimum absolute atomic E-state index is 0.254. The summed E-state index contributed by atoms with van der Waals surface area (Å²) in [6.45, 7) is 1.62. The highest BCUT2D eigenvalue weighted by atomic mass is 32.2. The summed E-state index contributed by atoms with van der Waals surface area (Å²) >= 11 is 0.953. The lowest BCUT2D eigenvalue weighted by atomic mass is 10.0. The topological polar surface area (TPSA) is 110 Å². The molecule has 6 nitrogen and oxygen atoms in total. The lowest BCUT2D eigenvalue weighted by molar-refractivity contribution is -0.125. The molecule has 1 heterocycles. The first-order valence-corrected chi connectivity index (χ1v) is 7.05. The van der Waals surface area contributed by atoms with Crippen LogP contribution in [-0.2, 0) is 4.79 Å². The Bertz CT molecular complexity index is 278. The predicted molar refractivity (Wildman–Crippen MR) is 67.9 cm³/mol. The Labute approximate surface area is 110 Å². The van der Waals surface area contributed by atoms with Crippen molar-refractivity contribution in [3.8, 4) is 0 Å². The van der Waals surface area contributed by atoms with E-state index in [1.54, 1.807) is 0 Å². The van der Waals surface area contributed by atoms with Crippen molar-refractivity contribution >= 4 is 17.7 Å². The average Bonchev–Trinajstić information content (AvgIpc) is 2.36. The summed E-state index contributed by atoms with van der Waals surface area (Å²) in [6.07, 6.45) is -0.493. The molecular weight excluding hydrogens is 258 g/mol. The van der Waals surface area contributed by atoms with Crippen LogP contribution in [0.3, 0.4) is 0 Å². The van der Waals surface area contributed by atoms with Gasteiger partial charge in [-0.15, -0.1) is 11.8 Å². The Kier molecular flexibility index (Phi) is 6.37. The molecular formula is C11H21NO5S. The molecule has 106 valence electrons. The zero-order chi connectivity index (χ0) is 13.7. The van der Waals surface area contributed by atoms with Crippen LogP contribution in [-0.4, -0.2) is 61.9 Å². The second kappa shape index (κ2) is 7.30. The normalized spacial score (nSPS) is 36.4. The highest BCUT2D eigenvalue weighted by Crippen LogP contribution is 2.31. The molecule has 1 aliphatic rings. The molecule has 1 aliphatic heterocycles. The van der Waals surface area contributed by atoms with Gasteiger partial charge in [-0.2, -0.15) is 0 Å². The first-order chi connectivity index (χ1) is 8.51. The zero-order valence-electron chi connectivity index (χ0n) is 10.3. The van der Waals surface area contributed by atoms with E-state index < -0.39 is 28.9 Å². The lowest BCUT2D eigenvalue weighted by Gasteiger charge is -2.39. The molecule has 0 bridgehead atoms. The Morgan fingerprint density at radius 2 is 1.94 bits per heavy atom. The van der Waals surface area contributed by atoms with Crippen molar-refractivity contribution in [1.29, 1.82) is 0 Å². The number of rotatable bonds is 5. The van der Waals surface area contributed by atoms with Gasteiger partial charge in [-0.1, -0.05) is 13.3 Å². The van der Waals surface area contributed by atoms with Crippen LogP contribution in [0.25, 0.3) is 0 Å². The summed E-state index contributed by atoms with van der Waals surface area (Å²) in [5, 5.41) is 40.2. The molecule has 0 radical (unpaired) electrons. The average molecular weight is 279 g/mol. The fraction of sp³-hybridized carbons (Fsp3) is 0.909. The van der Waals surface area contributed by atoms with Crippen molar-refractivity contribution in [3.63, 3.8) is 0 Å². The third-order valence-electron chi connectivity index (χ3n) is 2.99. The molecule has 1 saturated heterocycles. The molecule has 0 spiro atoms. The highest BCUT2D eigenvalue weighted by molar-refractivity contribution is 8.00. The van der Waals surface area contributed by atoms with Gasteiger partial charge in [0.05, 0.1) is 24.0 Å². The molecule has 0 aromatic carbocycles. The van der Waals surface area contributed by atoms with Crippen molar-refractivity contribution < 1.29 is 25.2 Å². The van der Waals surface area contributed by atoms with Crippen LogP contribution >= 0.6 is 11.8 Å². The Morgan fingerprint density at radius 3 is 2.50 bits per heavy atom. The minimum Gasteiger partial charge on any atom is -0.395 e. The van der Waals surface area contributed by atoms with Gasteiger partial charge in [0.1, 0.15) is 11.5 Å². The van der Waals surface area contributed by atoms with Gasteiger partial charge in [0.2, 0.25) is 5.91 Å². The van der Waals surface area contributed by atoms with Gasteiger partial charge in [0.15, 0.2) is 0 Å². The summed E-state index contributed by atoms with van der Waals surface area (Å²) < 4.78 is 0. The van der Waals surface area contributed by atoms with Gasteiger partial charge in [0, 0.05) is 6.42 Å². The molecule has 7 heteroatoms. The largest absolute Gasteiger partial charge is 0.395 e. The van der Waals surface area contributed by atoms with Gasteiger partial charge in [-0.3, -0.25) is 4.79 Å². The van der Waals surface area contributed by atoms with Crippen LogP contribution in [0.15, 0.2) is 0 Å². The SMILES string of the molecule is CCCCC(=O)NC1C(O)SC(CO)C(O)C1O. The van der Waals surface area contributed by atoms with Crippen LogP contribution in [0.5, 0.6) is 0 Å². The van der Waals surface area contributed by atoms with Crippen molar-refractivity contribution in [2.24, 2.45) is 0 Å². The molecule has 0 aromatic heterocycles. The van der Waals surface area contributed by atoms with E-state index in [0.717, 1.165) is 24.6 Å². The molecule has 18 heavy (non-hydrogen) atoms. The number of amides is 1. The first-order valence-electron chi connectivity index (χ1n) is 6.11. The predicted octanol–water partition coefficient (Wildman–Crippen LogP) is -1.19. The van der Waals surface area contributed by atoms with E-state index in [0.29, 0.717) is 6.42 Å². The molecule has 1 amide bonds. The molecule has 0 aliphatic carbocycles.